The number of nitrogens with one attached hydrogen (secondary N) is 1. The van der Waals surface area contributed by atoms with Crippen LogP contribution >= 0.6 is 0 Å². The third kappa shape index (κ3) is 2.84. The SMILES string of the molecule is COc1ccc(C(C)(C)C)cc1-c1ccnc(=O)[nH]1. The molecule has 0 bridgehead atoms. The second-order valence-electron chi connectivity index (χ2n) is 5.45. The highest BCUT2D eigenvalue weighted by Gasteiger charge is 2.16. The van der Waals surface area contributed by atoms with Gasteiger partial charge in [0.2, 0.25) is 0 Å². The minimum atomic E-state index is -0.360. The van der Waals surface area contributed by atoms with Crippen molar-refractivity contribution in [1.29, 1.82) is 0 Å². The Morgan fingerprint density at radius 2 is 1.95 bits per heavy atom. The molecule has 4 nitrogen and oxygen atoms in total. The maximum absolute atomic E-state index is 11.3. The Morgan fingerprint density at radius 3 is 2.53 bits per heavy atom. The fraction of sp³-hybridized carbons (Fsp3) is 0.333. The van der Waals surface area contributed by atoms with Crippen LogP contribution in [0, 0.1) is 0 Å². The maximum atomic E-state index is 11.3. The van der Waals surface area contributed by atoms with Crippen LogP contribution in [0.4, 0.5) is 0 Å². The molecule has 100 valence electrons. The molecule has 0 aliphatic carbocycles. The van der Waals surface area contributed by atoms with Crippen LogP contribution in [0.1, 0.15) is 26.3 Å². The van der Waals surface area contributed by atoms with E-state index >= 15 is 0 Å². The van der Waals surface area contributed by atoms with Crippen molar-refractivity contribution in [3.05, 3.63) is 46.5 Å². The molecule has 19 heavy (non-hydrogen) atoms. The van der Waals surface area contributed by atoms with Gasteiger partial charge in [-0.1, -0.05) is 26.8 Å². The Balaban J connectivity index is 2.63. The molecule has 0 aliphatic rings. The minimum absolute atomic E-state index is 0.0361. The molecule has 1 aromatic heterocycles. The van der Waals surface area contributed by atoms with E-state index in [9.17, 15) is 4.79 Å². The number of hydrogen-bond donors (Lipinski definition) is 1. The Morgan fingerprint density at radius 1 is 1.21 bits per heavy atom. The molecule has 2 aromatic rings. The lowest BCUT2D eigenvalue weighted by Crippen LogP contribution is -2.12. The fourth-order valence-corrected chi connectivity index (χ4v) is 1.91. The first-order chi connectivity index (χ1) is 8.91. The number of aromatic amines is 1. The molecule has 0 amide bonds. The quantitative estimate of drug-likeness (QED) is 0.901. The van der Waals surface area contributed by atoms with E-state index in [-0.39, 0.29) is 11.1 Å². The third-order valence-electron chi connectivity index (χ3n) is 3.03. The fourth-order valence-electron chi connectivity index (χ4n) is 1.91. The smallest absolute Gasteiger partial charge is 0.345 e. The van der Waals surface area contributed by atoms with Crippen molar-refractivity contribution in [3.8, 4) is 17.0 Å². The minimum Gasteiger partial charge on any atom is -0.496 e. The number of ether oxygens (including phenoxy) is 1. The molecule has 0 saturated carbocycles. The third-order valence-corrected chi connectivity index (χ3v) is 3.03. The summed E-state index contributed by atoms with van der Waals surface area (Å²) in [5, 5.41) is 0. The molecule has 0 unspecified atom stereocenters. The monoisotopic (exact) mass is 258 g/mol. The summed E-state index contributed by atoms with van der Waals surface area (Å²) >= 11 is 0. The van der Waals surface area contributed by atoms with E-state index in [1.165, 1.54) is 11.8 Å². The van der Waals surface area contributed by atoms with E-state index in [1.807, 2.05) is 18.2 Å². The molecule has 4 heteroatoms. The molecule has 1 heterocycles. The average molecular weight is 258 g/mol. The molecule has 0 aliphatic heterocycles. The van der Waals surface area contributed by atoms with Gasteiger partial charge in [-0.05, 0) is 29.2 Å². The number of aromatic nitrogens is 2. The Bertz CT molecular complexity index is 639. The van der Waals surface area contributed by atoms with Crippen LogP contribution in [-0.2, 0) is 5.41 Å². The van der Waals surface area contributed by atoms with Crippen LogP contribution in [-0.4, -0.2) is 17.1 Å². The van der Waals surface area contributed by atoms with Crippen molar-refractivity contribution in [3.63, 3.8) is 0 Å². The molecule has 0 atom stereocenters. The van der Waals surface area contributed by atoms with E-state index in [0.717, 1.165) is 11.3 Å². The van der Waals surface area contributed by atoms with Gasteiger partial charge in [0, 0.05) is 11.8 Å². The van der Waals surface area contributed by atoms with Gasteiger partial charge < -0.3 is 9.72 Å². The zero-order valence-electron chi connectivity index (χ0n) is 11.7. The normalized spacial score (nSPS) is 11.4. The van der Waals surface area contributed by atoms with Crippen LogP contribution in [0.3, 0.4) is 0 Å². The summed E-state index contributed by atoms with van der Waals surface area (Å²) < 4.78 is 5.36. The van der Waals surface area contributed by atoms with Crippen LogP contribution in [0.5, 0.6) is 5.75 Å². The summed E-state index contributed by atoms with van der Waals surface area (Å²) in [7, 11) is 1.62. The summed E-state index contributed by atoms with van der Waals surface area (Å²) in [6.45, 7) is 6.44. The molecule has 1 N–H and O–H groups in total. The van der Waals surface area contributed by atoms with Gasteiger partial charge in [0.25, 0.3) is 0 Å². The number of hydrogen-bond acceptors (Lipinski definition) is 3. The van der Waals surface area contributed by atoms with E-state index < -0.39 is 0 Å². The maximum Gasteiger partial charge on any atom is 0.345 e. The van der Waals surface area contributed by atoms with Gasteiger partial charge in [-0.3, -0.25) is 0 Å². The second-order valence-corrected chi connectivity index (χ2v) is 5.45. The highest BCUT2D eigenvalue weighted by atomic mass is 16.5. The topological polar surface area (TPSA) is 55.0 Å². The van der Waals surface area contributed by atoms with Crippen molar-refractivity contribution >= 4 is 0 Å². The second kappa shape index (κ2) is 4.88. The summed E-state index contributed by atoms with van der Waals surface area (Å²) in [5.74, 6) is 0.731. The molecule has 0 spiro atoms. The van der Waals surface area contributed by atoms with Gasteiger partial charge in [-0.2, -0.15) is 0 Å². The highest BCUT2D eigenvalue weighted by Crippen LogP contribution is 2.33. The van der Waals surface area contributed by atoms with Crippen LogP contribution in [0.25, 0.3) is 11.3 Å². The molecular weight excluding hydrogens is 240 g/mol. The standard InChI is InChI=1S/C15H18N2O2/c1-15(2,3)10-5-6-13(19-4)11(9-10)12-7-8-16-14(18)17-12/h5-9H,1-4H3,(H,16,17,18). The lowest BCUT2D eigenvalue weighted by atomic mass is 9.85. The number of nitrogens with zero attached hydrogens (tertiary/aromatic N) is 1. The van der Waals surface area contributed by atoms with Crippen molar-refractivity contribution in [1.82, 2.24) is 9.97 Å². The van der Waals surface area contributed by atoms with Crippen molar-refractivity contribution < 1.29 is 4.74 Å². The molecule has 2 rings (SSSR count). The molecule has 0 saturated heterocycles. The molecular formula is C15H18N2O2. The lowest BCUT2D eigenvalue weighted by molar-refractivity contribution is 0.415. The molecule has 1 aromatic carbocycles. The van der Waals surface area contributed by atoms with Crippen LogP contribution in [0.2, 0.25) is 0 Å². The molecule has 0 fully saturated rings. The number of rotatable bonds is 2. The highest BCUT2D eigenvalue weighted by molar-refractivity contribution is 5.68. The van der Waals surface area contributed by atoms with Crippen LogP contribution in [0.15, 0.2) is 35.3 Å². The Labute approximate surface area is 112 Å². The van der Waals surface area contributed by atoms with Gasteiger partial charge >= 0.3 is 5.69 Å². The largest absolute Gasteiger partial charge is 0.496 e. The van der Waals surface area contributed by atoms with Gasteiger partial charge in [0.15, 0.2) is 0 Å². The first kappa shape index (κ1) is 13.3. The number of methoxy groups -OCH3 is 1. The zero-order valence-corrected chi connectivity index (χ0v) is 11.7. The van der Waals surface area contributed by atoms with E-state index in [1.54, 1.807) is 13.2 Å². The van der Waals surface area contributed by atoms with Gasteiger partial charge in [-0.15, -0.1) is 0 Å². The van der Waals surface area contributed by atoms with Crippen LogP contribution < -0.4 is 10.4 Å². The number of benzene rings is 1. The summed E-state index contributed by atoms with van der Waals surface area (Å²) in [4.78, 5) is 17.7. The Kier molecular flexibility index (Phi) is 3.42. The lowest BCUT2D eigenvalue weighted by Gasteiger charge is -2.21. The summed E-state index contributed by atoms with van der Waals surface area (Å²) in [6.07, 6.45) is 1.50. The van der Waals surface area contributed by atoms with Gasteiger partial charge in [0.1, 0.15) is 5.75 Å². The van der Waals surface area contributed by atoms with E-state index in [4.69, 9.17) is 4.74 Å². The average Bonchev–Trinajstić information content (AvgIpc) is 2.37. The molecule has 0 radical (unpaired) electrons. The van der Waals surface area contributed by atoms with Gasteiger partial charge in [-0.25, -0.2) is 9.78 Å². The first-order valence-corrected chi connectivity index (χ1v) is 6.16. The summed E-state index contributed by atoms with van der Waals surface area (Å²) in [5.41, 5.74) is 2.44. The van der Waals surface area contributed by atoms with Crippen molar-refractivity contribution in [2.24, 2.45) is 0 Å². The Hall–Kier alpha value is -2.10. The van der Waals surface area contributed by atoms with E-state index in [0.29, 0.717) is 5.69 Å². The predicted molar refractivity (Wildman–Crippen MR) is 75.5 cm³/mol. The van der Waals surface area contributed by atoms with E-state index in [2.05, 4.69) is 30.7 Å². The predicted octanol–water partition coefficient (Wildman–Crippen LogP) is 2.74. The first-order valence-electron chi connectivity index (χ1n) is 6.16. The number of H-pyrrole nitrogens is 1. The van der Waals surface area contributed by atoms with Crippen molar-refractivity contribution in [2.75, 3.05) is 7.11 Å². The van der Waals surface area contributed by atoms with Gasteiger partial charge in [0.05, 0.1) is 12.8 Å². The van der Waals surface area contributed by atoms with Crippen molar-refractivity contribution in [2.45, 2.75) is 26.2 Å². The summed E-state index contributed by atoms with van der Waals surface area (Å²) in [6, 6.07) is 7.78. The zero-order chi connectivity index (χ0) is 14.0.